The third-order valence-electron chi connectivity index (χ3n) is 4.58. The summed E-state index contributed by atoms with van der Waals surface area (Å²) in [4.78, 5) is 8.98. The Balaban J connectivity index is 1.42. The number of aromatic nitrogens is 1. The highest BCUT2D eigenvalue weighted by Gasteiger charge is 2.20. The maximum atomic E-state index is 10.3. The first-order valence-corrected chi connectivity index (χ1v) is 8.88. The van der Waals surface area contributed by atoms with Crippen molar-refractivity contribution in [2.45, 2.75) is 20.0 Å². The van der Waals surface area contributed by atoms with Crippen LogP contribution in [0.25, 0.3) is 0 Å². The summed E-state index contributed by atoms with van der Waals surface area (Å²) in [6.45, 7) is 8.78. The first-order valence-electron chi connectivity index (χ1n) is 8.88. The van der Waals surface area contributed by atoms with Crippen molar-refractivity contribution in [1.82, 2.24) is 9.88 Å². The zero-order valence-electron chi connectivity index (χ0n) is 15.1. The third kappa shape index (κ3) is 4.94. The minimum atomic E-state index is -0.484. The highest BCUT2D eigenvalue weighted by molar-refractivity contribution is 5.38. The number of hydrogen-bond donors (Lipinski definition) is 1. The standard InChI is InChI=1S/C20H27N3O2/c1-16-6-7-19(17(2)13-16)25-15-18(24)14-22-9-11-23(12-10-22)20-5-3-4-8-21-20/h3-8,13,18,24H,9-12,14-15H2,1-2H3/t18-/m0/s1. The number of β-amino-alcohol motifs (C(OH)–C–C–N with tert-alkyl or cyclic N) is 1. The van der Waals surface area contributed by atoms with E-state index >= 15 is 0 Å². The van der Waals surface area contributed by atoms with Gasteiger partial charge in [-0.1, -0.05) is 23.8 Å². The molecule has 134 valence electrons. The van der Waals surface area contributed by atoms with Crippen LogP contribution in [0.15, 0.2) is 42.6 Å². The van der Waals surface area contributed by atoms with Gasteiger partial charge in [0, 0.05) is 38.9 Å². The highest BCUT2D eigenvalue weighted by Crippen LogP contribution is 2.19. The van der Waals surface area contributed by atoms with Crippen LogP contribution in [-0.2, 0) is 0 Å². The molecule has 0 radical (unpaired) electrons. The Morgan fingerprint density at radius 1 is 1.12 bits per heavy atom. The summed E-state index contributed by atoms with van der Waals surface area (Å²) in [5.41, 5.74) is 2.33. The van der Waals surface area contributed by atoms with Gasteiger partial charge in [0.05, 0.1) is 0 Å². The fraction of sp³-hybridized carbons (Fsp3) is 0.450. The van der Waals surface area contributed by atoms with Gasteiger partial charge in [-0.2, -0.15) is 0 Å². The maximum absolute atomic E-state index is 10.3. The molecule has 25 heavy (non-hydrogen) atoms. The number of aliphatic hydroxyl groups excluding tert-OH is 1. The molecule has 0 aliphatic carbocycles. The number of aliphatic hydroxyl groups is 1. The smallest absolute Gasteiger partial charge is 0.128 e. The molecule has 1 fully saturated rings. The number of hydrogen-bond acceptors (Lipinski definition) is 5. The molecule has 1 aliphatic heterocycles. The number of aryl methyl sites for hydroxylation is 2. The van der Waals surface area contributed by atoms with Gasteiger partial charge >= 0.3 is 0 Å². The predicted molar refractivity (Wildman–Crippen MR) is 100 cm³/mol. The van der Waals surface area contributed by atoms with Gasteiger partial charge in [-0.3, -0.25) is 4.90 Å². The minimum absolute atomic E-state index is 0.324. The molecule has 2 heterocycles. The zero-order valence-corrected chi connectivity index (χ0v) is 15.1. The number of benzene rings is 1. The van der Waals surface area contributed by atoms with Gasteiger partial charge in [0.25, 0.3) is 0 Å². The average Bonchev–Trinajstić information content (AvgIpc) is 2.62. The van der Waals surface area contributed by atoms with E-state index in [0.717, 1.165) is 43.3 Å². The molecule has 1 atom stereocenters. The van der Waals surface area contributed by atoms with Crippen molar-refractivity contribution in [2.75, 3.05) is 44.2 Å². The van der Waals surface area contributed by atoms with Crippen LogP contribution >= 0.6 is 0 Å². The number of nitrogens with zero attached hydrogens (tertiary/aromatic N) is 3. The molecule has 2 aromatic rings. The lowest BCUT2D eigenvalue weighted by atomic mass is 10.1. The summed E-state index contributed by atoms with van der Waals surface area (Å²) < 4.78 is 5.79. The zero-order chi connectivity index (χ0) is 17.6. The molecule has 3 rings (SSSR count). The Hall–Kier alpha value is -2.11. The molecule has 1 saturated heterocycles. The van der Waals surface area contributed by atoms with Crippen molar-refractivity contribution in [3.05, 3.63) is 53.7 Å². The van der Waals surface area contributed by atoms with E-state index in [1.807, 2.05) is 43.5 Å². The molecule has 1 N–H and O–H groups in total. The Labute approximate surface area is 149 Å². The number of anilines is 1. The Morgan fingerprint density at radius 2 is 1.92 bits per heavy atom. The van der Waals surface area contributed by atoms with Crippen LogP contribution in [0.2, 0.25) is 0 Å². The Bertz CT molecular complexity index is 670. The van der Waals surface area contributed by atoms with Crippen LogP contribution in [0.4, 0.5) is 5.82 Å². The van der Waals surface area contributed by atoms with Crippen molar-refractivity contribution in [3.8, 4) is 5.75 Å². The van der Waals surface area contributed by atoms with Crippen LogP contribution in [0.3, 0.4) is 0 Å². The van der Waals surface area contributed by atoms with E-state index in [4.69, 9.17) is 4.74 Å². The Kier molecular flexibility index (Phi) is 5.89. The molecule has 1 aromatic heterocycles. The van der Waals surface area contributed by atoms with Crippen LogP contribution in [-0.4, -0.2) is 60.4 Å². The van der Waals surface area contributed by atoms with Crippen LogP contribution in [0, 0.1) is 13.8 Å². The molecule has 0 spiro atoms. The molecule has 0 amide bonds. The second kappa shape index (κ2) is 8.32. The van der Waals surface area contributed by atoms with E-state index in [0.29, 0.717) is 13.2 Å². The highest BCUT2D eigenvalue weighted by atomic mass is 16.5. The van der Waals surface area contributed by atoms with E-state index in [1.54, 1.807) is 0 Å². The largest absolute Gasteiger partial charge is 0.491 e. The lowest BCUT2D eigenvalue weighted by molar-refractivity contribution is 0.0660. The van der Waals surface area contributed by atoms with E-state index in [1.165, 1.54) is 5.56 Å². The molecule has 1 aromatic carbocycles. The van der Waals surface area contributed by atoms with Gasteiger partial charge in [-0.05, 0) is 37.6 Å². The first kappa shape index (κ1) is 17.7. The summed E-state index contributed by atoms with van der Waals surface area (Å²) >= 11 is 0. The van der Waals surface area contributed by atoms with Crippen LogP contribution in [0.5, 0.6) is 5.75 Å². The summed E-state index contributed by atoms with van der Waals surface area (Å²) in [6, 6.07) is 12.1. The third-order valence-corrected chi connectivity index (χ3v) is 4.58. The van der Waals surface area contributed by atoms with Crippen molar-refractivity contribution >= 4 is 5.82 Å². The quantitative estimate of drug-likeness (QED) is 0.873. The number of rotatable bonds is 6. The molecule has 5 heteroatoms. The topological polar surface area (TPSA) is 48.8 Å². The summed E-state index contributed by atoms with van der Waals surface area (Å²) in [5, 5.41) is 10.3. The van der Waals surface area contributed by atoms with Crippen molar-refractivity contribution in [2.24, 2.45) is 0 Å². The minimum Gasteiger partial charge on any atom is -0.491 e. The van der Waals surface area contributed by atoms with Gasteiger partial charge in [0.15, 0.2) is 0 Å². The number of piperazine rings is 1. The molecule has 0 bridgehead atoms. The van der Waals surface area contributed by atoms with E-state index in [-0.39, 0.29) is 0 Å². The lowest BCUT2D eigenvalue weighted by Gasteiger charge is -2.36. The molecular weight excluding hydrogens is 314 g/mol. The predicted octanol–water partition coefficient (Wildman–Crippen LogP) is 2.26. The lowest BCUT2D eigenvalue weighted by Crippen LogP contribution is -2.49. The van der Waals surface area contributed by atoms with Gasteiger partial charge < -0.3 is 14.7 Å². The second-order valence-corrected chi connectivity index (χ2v) is 6.71. The van der Waals surface area contributed by atoms with Gasteiger partial charge in [0.2, 0.25) is 0 Å². The van der Waals surface area contributed by atoms with Crippen LogP contribution < -0.4 is 9.64 Å². The fourth-order valence-electron chi connectivity index (χ4n) is 3.20. The number of pyridine rings is 1. The molecule has 0 unspecified atom stereocenters. The maximum Gasteiger partial charge on any atom is 0.128 e. The molecule has 0 saturated carbocycles. The monoisotopic (exact) mass is 341 g/mol. The normalized spacial score (nSPS) is 16.7. The summed E-state index contributed by atoms with van der Waals surface area (Å²) in [5.74, 6) is 1.88. The van der Waals surface area contributed by atoms with Crippen LogP contribution in [0.1, 0.15) is 11.1 Å². The molecule has 5 nitrogen and oxygen atoms in total. The number of ether oxygens (including phenoxy) is 1. The summed E-state index contributed by atoms with van der Waals surface area (Å²) in [6.07, 6.45) is 1.35. The van der Waals surface area contributed by atoms with Gasteiger partial charge in [-0.15, -0.1) is 0 Å². The Morgan fingerprint density at radius 3 is 2.60 bits per heavy atom. The van der Waals surface area contributed by atoms with E-state index < -0.39 is 6.10 Å². The molecule has 1 aliphatic rings. The summed E-state index contributed by atoms with van der Waals surface area (Å²) in [7, 11) is 0. The SMILES string of the molecule is Cc1ccc(OC[C@@H](O)CN2CCN(c3ccccn3)CC2)c(C)c1. The second-order valence-electron chi connectivity index (χ2n) is 6.71. The van der Waals surface area contributed by atoms with Crippen molar-refractivity contribution in [1.29, 1.82) is 0 Å². The van der Waals surface area contributed by atoms with Gasteiger partial charge in [-0.25, -0.2) is 4.98 Å². The van der Waals surface area contributed by atoms with E-state index in [2.05, 4.69) is 27.8 Å². The van der Waals surface area contributed by atoms with Crippen molar-refractivity contribution < 1.29 is 9.84 Å². The van der Waals surface area contributed by atoms with Crippen molar-refractivity contribution in [3.63, 3.8) is 0 Å². The van der Waals surface area contributed by atoms with E-state index in [9.17, 15) is 5.11 Å². The fourth-order valence-corrected chi connectivity index (χ4v) is 3.20. The average molecular weight is 341 g/mol. The van der Waals surface area contributed by atoms with Gasteiger partial charge in [0.1, 0.15) is 24.3 Å². The first-order chi connectivity index (χ1) is 12.1. The molecular formula is C20H27N3O2.